The van der Waals surface area contributed by atoms with Gasteiger partial charge in [0, 0.05) is 23.2 Å². The number of benzene rings is 2. The van der Waals surface area contributed by atoms with Gasteiger partial charge in [-0.25, -0.2) is 0 Å². The number of hydrogen-bond acceptors (Lipinski definition) is 4. The van der Waals surface area contributed by atoms with Crippen molar-refractivity contribution in [3.05, 3.63) is 70.9 Å². The van der Waals surface area contributed by atoms with Crippen LogP contribution in [-0.2, 0) is 6.54 Å². The molecule has 1 aromatic heterocycles. The SMILES string of the molecule is O=C(NCc1ccc(Cl)cc1)c1cc(-c2cccc(O)c2)on1. The van der Waals surface area contributed by atoms with E-state index in [0.29, 0.717) is 22.9 Å². The van der Waals surface area contributed by atoms with Gasteiger partial charge in [0.1, 0.15) is 5.75 Å². The molecule has 0 aliphatic heterocycles. The Morgan fingerprint density at radius 2 is 1.96 bits per heavy atom. The normalized spacial score (nSPS) is 10.5. The van der Waals surface area contributed by atoms with Gasteiger partial charge in [-0.15, -0.1) is 0 Å². The lowest BCUT2D eigenvalue weighted by atomic mass is 10.1. The Hall–Kier alpha value is -2.79. The summed E-state index contributed by atoms with van der Waals surface area (Å²) in [4.78, 5) is 12.1. The smallest absolute Gasteiger partial charge is 0.273 e. The molecule has 0 radical (unpaired) electrons. The van der Waals surface area contributed by atoms with Gasteiger partial charge in [0.25, 0.3) is 5.91 Å². The molecule has 0 spiro atoms. The van der Waals surface area contributed by atoms with Gasteiger partial charge in [0.2, 0.25) is 0 Å². The van der Waals surface area contributed by atoms with E-state index in [-0.39, 0.29) is 17.4 Å². The summed E-state index contributed by atoms with van der Waals surface area (Å²) in [5, 5.41) is 16.6. The molecule has 0 unspecified atom stereocenters. The molecule has 1 heterocycles. The quantitative estimate of drug-likeness (QED) is 0.767. The fourth-order valence-electron chi connectivity index (χ4n) is 2.05. The second-order valence-corrected chi connectivity index (χ2v) is 5.37. The van der Waals surface area contributed by atoms with Crippen molar-refractivity contribution in [3.8, 4) is 17.1 Å². The molecule has 116 valence electrons. The number of nitrogens with zero attached hydrogens (tertiary/aromatic N) is 1. The molecular weight excluding hydrogens is 316 g/mol. The lowest BCUT2D eigenvalue weighted by Gasteiger charge is -2.02. The highest BCUT2D eigenvalue weighted by atomic mass is 35.5. The molecule has 6 heteroatoms. The van der Waals surface area contributed by atoms with Crippen molar-refractivity contribution in [3.63, 3.8) is 0 Å². The Morgan fingerprint density at radius 3 is 2.70 bits per heavy atom. The predicted octanol–water partition coefficient (Wildman–Crippen LogP) is 3.63. The van der Waals surface area contributed by atoms with E-state index in [1.54, 1.807) is 30.3 Å². The average Bonchev–Trinajstić information content (AvgIpc) is 3.04. The van der Waals surface area contributed by atoms with Gasteiger partial charge < -0.3 is 14.9 Å². The summed E-state index contributed by atoms with van der Waals surface area (Å²) in [5.74, 6) is 0.195. The Balaban J connectivity index is 1.67. The molecule has 0 fully saturated rings. The number of aromatic nitrogens is 1. The number of carbonyl (C=O) groups excluding carboxylic acids is 1. The maximum Gasteiger partial charge on any atom is 0.273 e. The van der Waals surface area contributed by atoms with Crippen LogP contribution in [0.5, 0.6) is 5.75 Å². The number of nitrogens with one attached hydrogen (secondary N) is 1. The van der Waals surface area contributed by atoms with Crippen LogP contribution in [0.2, 0.25) is 5.02 Å². The maximum absolute atomic E-state index is 12.1. The lowest BCUT2D eigenvalue weighted by molar-refractivity contribution is 0.0942. The highest BCUT2D eigenvalue weighted by molar-refractivity contribution is 6.30. The van der Waals surface area contributed by atoms with Gasteiger partial charge >= 0.3 is 0 Å². The van der Waals surface area contributed by atoms with E-state index in [1.165, 1.54) is 12.1 Å². The number of halogens is 1. The van der Waals surface area contributed by atoms with Crippen molar-refractivity contribution in [1.82, 2.24) is 10.5 Å². The lowest BCUT2D eigenvalue weighted by Crippen LogP contribution is -2.22. The average molecular weight is 329 g/mol. The monoisotopic (exact) mass is 328 g/mol. The molecule has 0 saturated heterocycles. The van der Waals surface area contributed by atoms with E-state index < -0.39 is 0 Å². The summed E-state index contributed by atoms with van der Waals surface area (Å²) in [5.41, 5.74) is 1.76. The van der Waals surface area contributed by atoms with Gasteiger partial charge in [-0.05, 0) is 29.8 Å². The minimum absolute atomic E-state index is 0.118. The second-order valence-electron chi connectivity index (χ2n) is 4.94. The third-order valence-corrected chi connectivity index (χ3v) is 3.49. The Morgan fingerprint density at radius 1 is 1.17 bits per heavy atom. The van der Waals surface area contributed by atoms with Crippen LogP contribution in [0.15, 0.2) is 59.1 Å². The van der Waals surface area contributed by atoms with Gasteiger partial charge in [0.05, 0.1) is 0 Å². The van der Waals surface area contributed by atoms with Crippen molar-refractivity contribution in [2.75, 3.05) is 0 Å². The first kappa shape index (κ1) is 15.1. The maximum atomic E-state index is 12.1. The van der Waals surface area contributed by atoms with E-state index in [0.717, 1.165) is 5.56 Å². The molecule has 0 bridgehead atoms. The highest BCUT2D eigenvalue weighted by Gasteiger charge is 2.13. The first-order chi connectivity index (χ1) is 11.1. The molecule has 0 aliphatic rings. The van der Waals surface area contributed by atoms with Crippen LogP contribution in [0, 0.1) is 0 Å². The molecular formula is C17H13ClN2O3. The van der Waals surface area contributed by atoms with Crippen molar-refractivity contribution < 1.29 is 14.4 Å². The fraction of sp³-hybridized carbons (Fsp3) is 0.0588. The molecule has 3 rings (SSSR count). The number of carbonyl (C=O) groups is 1. The standard InChI is InChI=1S/C17H13ClN2O3/c18-13-6-4-11(5-7-13)10-19-17(22)15-9-16(23-20-15)12-2-1-3-14(21)8-12/h1-9,21H,10H2,(H,19,22). The first-order valence-corrected chi connectivity index (χ1v) is 7.28. The number of rotatable bonds is 4. The van der Waals surface area contributed by atoms with Gasteiger partial charge in [0.15, 0.2) is 11.5 Å². The zero-order valence-corrected chi connectivity index (χ0v) is 12.7. The largest absolute Gasteiger partial charge is 0.508 e. The molecule has 1 amide bonds. The van der Waals surface area contributed by atoms with E-state index in [1.807, 2.05) is 12.1 Å². The topological polar surface area (TPSA) is 75.4 Å². The minimum atomic E-state index is -0.338. The molecule has 2 aromatic carbocycles. The van der Waals surface area contributed by atoms with E-state index >= 15 is 0 Å². The zero-order chi connectivity index (χ0) is 16.2. The van der Waals surface area contributed by atoms with Crippen LogP contribution in [0.3, 0.4) is 0 Å². The number of phenols is 1. The summed E-state index contributed by atoms with van der Waals surface area (Å²) in [7, 11) is 0. The highest BCUT2D eigenvalue weighted by Crippen LogP contribution is 2.23. The van der Waals surface area contributed by atoms with Crippen LogP contribution in [0.1, 0.15) is 16.1 Å². The minimum Gasteiger partial charge on any atom is -0.508 e. The number of hydrogen-bond donors (Lipinski definition) is 2. The van der Waals surface area contributed by atoms with Crippen LogP contribution in [-0.4, -0.2) is 16.2 Å². The van der Waals surface area contributed by atoms with Crippen molar-refractivity contribution in [2.24, 2.45) is 0 Å². The summed E-state index contributed by atoms with van der Waals surface area (Å²) in [6.45, 7) is 0.365. The Labute approximate surface area is 137 Å². The third-order valence-electron chi connectivity index (χ3n) is 3.24. The number of phenolic OH excluding ortho intramolecular Hbond substituents is 1. The van der Waals surface area contributed by atoms with E-state index in [9.17, 15) is 9.90 Å². The molecule has 23 heavy (non-hydrogen) atoms. The van der Waals surface area contributed by atoms with Crippen LogP contribution in [0.4, 0.5) is 0 Å². The van der Waals surface area contributed by atoms with Crippen molar-refractivity contribution >= 4 is 17.5 Å². The van der Waals surface area contributed by atoms with Crippen LogP contribution in [0.25, 0.3) is 11.3 Å². The summed E-state index contributed by atoms with van der Waals surface area (Å²) < 4.78 is 5.16. The summed E-state index contributed by atoms with van der Waals surface area (Å²) in [6, 6.07) is 15.3. The summed E-state index contributed by atoms with van der Waals surface area (Å²) in [6.07, 6.45) is 0. The molecule has 0 aliphatic carbocycles. The number of aromatic hydroxyl groups is 1. The molecule has 0 saturated carbocycles. The molecule has 2 N–H and O–H groups in total. The van der Waals surface area contributed by atoms with Gasteiger partial charge in [-0.1, -0.05) is 41.0 Å². The van der Waals surface area contributed by atoms with Gasteiger partial charge in [-0.2, -0.15) is 0 Å². The first-order valence-electron chi connectivity index (χ1n) is 6.90. The van der Waals surface area contributed by atoms with Gasteiger partial charge in [-0.3, -0.25) is 4.79 Å². The van der Waals surface area contributed by atoms with Crippen LogP contribution < -0.4 is 5.32 Å². The van der Waals surface area contributed by atoms with Crippen LogP contribution >= 0.6 is 11.6 Å². The second kappa shape index (κ2) is 6.54. The molecule has 0 atom stereocenters. The predicted molar refractivity (Wildman–Crippen MR) is 86.2 cm³/mol. The summed E-state index contributed by atoms with van der Waals surface area (Å²) >= 11 is 5.81. The van der Waals surface area contributed by atoms with E-state index in [4.69, 9.17) is 16.1 Å². The fourth-order valence-corrected chi connectivity index (χ4v) is 2.18. The molecule has 3 aromatic rings. The van der Waals surface area contributed by atoms with Crippen molar-refractivity contribution in [1.29, 1.82) is 0 Å². The molecule has 5 nitrogen and oxygen atoms in total. The van der Waals surface area contributed by atoms with Crippen molar-refractivity contribution in [2.45, 2.75) is 6.54 Å². The Kier molecular flexibility index (Phi) is 4.30. The zero-order valence-electron chi connectivity index (χ0n) is 12.0. The van der Waals surface area contributed by atoms with E-state index in [2.05, 4.69) is 10.5 Å². The number of amides is 1. The Bertz CT molecular complexity index is 828. The third kappa shape index (κ3) is 3.70.